The Bertz CT molecular complexity index is 804. The highest BCUT2D eigenvalue weighted by molar-refractivity contribution is 5.97. The molecule has 5 nitrogen and oxygen atoms in total. The van der Waals surface area contributed by atoms with Crippen molar-refractivity contribution in [2.45, 2.75) is 50.4 Å². The van der Waals surface area contributed by atoms with Gasteiger partial charge < -0.3 is 19.5 Å². The number of aliphatic hydroxyl groups excluding tert-OH is 1. The van der Waals surface area contributed by atoms with Gasteiger partial charge in [0.2, 0.25) is 0 Å². The van der Waals surface area contributed by atoms with Crippen LogP contribution in [0.5, 0.6) is 5.75 Å². The van der Waals surface area contributed by atoms with Crippen LogP contribution in [0.1, 0.15) is 54.1 Å². The summed E-state index contributed by atoms with van der Waals surface area (Å²) in [4.78, 5) is 15.2. The number of ether oxygens (including phenoxy) is 2. The van der Waals surface area contributed by atoms with Gasteiger partial charge >= 0.3 is 0 Å². The van der Waals surface area contributed by atoms with E-state index in [0.717, 1.165) is 37.9 Å². The molecule has 0 unspecified atom stereocenters. The van der Waals surface area contributed by atoms with Gasteiger partial charge in [0.25, 0.3) is 5.91 Å². The Morgan fingerprint density at radius 1 is 1.10 bits per heavy atom. The normalized spacial score (nSPS) is 22.6. The first-order chi connectivity index (χ1) is 14.2. The summed E-state index contributed by atoms with van der Waals surface area (Å²) in [5, 5.41) is 10.6. The molecule has 2 aliphatic heterocycles. The molecule has 154 valence electrons. The van der Waals surface area contributed by atoms with Gasteiger partial charge in [0, 0.05) is 19.2 Å². The van der Waals surface area contributed by atoms with Crippen molar-refractivity contribution in [1.82, 2.24) is 4.90 Å². The highest BCUT2D eigenvalue weighted by Gasteiger charge is 2.32. The Hall–Kier alpha value is -2.37. The van der Waals surface area contributed by atoms with Crippen molar-refractivity contribution < 1.29 is 19.4 Å². The topological polar surface area (TPSA) is 59.0 Å². The molecule has 2 aromatic carbocycles. The fourth-order valence-corrected chi connectivity index (χ4v) is 4.30. The lowest BCUT2D eigenvalue weighted by Gasteiger charge is -2.27. The van der Waals surface area contributed by atoms with Crippen LogP contribution in [-0.2, 0) is 4.74 Å². The van der Waals surface area contributed by atoms with E-state index in [4.69, 9.17) is 9.47 Å². The van der Waals surface area contributed by atoms with E-state index in [9.17, 15) is 9.90 Å². The molecule has 2 fully saturated rings. The van der Waals surface area contributed by atoms with Crippen LogP contribution in [0, 0.1) is 0 Å². The molecule has 29 heavy (non-hydrogen) atoms. The summed E-state index contributed by atoms with van der Waals surface area (Å²) in [7, 11) is 0. The van der Waals surface area contributed by atoms with Crippen molar-refractivity contribution in [3.63, 3.8) is 0 Å². The van der Waals surface area contributed by atoms with Gasteiger partial charge in [-0.1, -0.05) is 42.5 Å². The summed E-state index contributed by atoms with van der Waals surface area (Å²) in [6.07, 6.45) is 4.02. The second-order valence-electron chi connectivity index (χ2n) is 7.90. The Morgan fingerprint density at radius 2 is 1.90 bits per heavy atom. The largest absolute Gasteiger partial charge is 0.490 e. The van der Waals surface area contributed by atoms with Crippen LogP contribution in [0.2, 0.25) is 0 Å². The monoisotopic (exact) mass is 395 g/mol. The third-order valence-corrected chi connectivity index (χ3v) is 5.88. The standard InChI is InChI=1S/C24H29NO4/c26-22(18-8-2-1-3-9-18)16-19-10-6-14-25(19)24(27)21-12-4-5-13-23(21)29-17-20-11-7-15-28-20/h1-5,8-9,12-13,19-20,22,26H,6-7,10-11,14-17H2/t19-,20+,22-/m1/s1. The van der Waals surface area contributed by atoms with E-state index in [-0.39, 0.29) is 18.1 Å². The molecule has 3 atom stereocenters. The fourth-order valence-electron chi connectivity index (χ4n) is 4.30. The number of nitrogens with zero attached hydrogens (tertiary/aromatic N) is 1. The maximum atomic E-state index is 13.3. The molecule has 5 heteroatoms. The van der Waals surface area contributed by atoms with Gasteiger partial charge in [0.1, 0.15) is 12.4 Å². The zero-order valence-corrected chi connectivity index (χ0v) is 16.7. The SMILES string of the molecule is O=C(c1ccccc1OC[C@@H]1CCCO1)N1CCC[C@@H]1C[C@@H](O)c1ccccc1. The second-order valence-corrected chi connectivity index (χ2v) is 7.90. The van der Waals surface area contributed by atoms with Crippen molar-refractivity contribution in [2.24, 2.45) is 0 Å². The Balaban J connectivity index is 1.44. The number of hydrogen-bond acceptors (Lipinski definition) is 4. The zero-order valence-electron chi connectivity index (χ0n) is 16.7. The summed E-state index contributed by atoms with van der Waals surface area (Å²) in [5.41, 5.74) is 1.48. The van der Waals surface area contributed by atoms with Gasteiger partial charge in [-0.2, -0.15) is 0 Å². The van der Waals surface area contributed by atoms with Crippen molar-refractivity contribution in [3.8, 4) is 5.75 Å². The van der Waals surface area contributed by atoms with Crippen molar-refractivity contribution in [2.75, 3.05) is 19.8 Å². The van der Waals surface area contributed by atoms with Gasteiger partial charge in [-0.05, 0) is 49.8 Å². The smallest absolute Gasteiger partial charge is 0.257 e. The molecule has 4 rings (SSSR count). The summed E-state index contributed by atoms with van der Waals surface area (Å²) in [6, 6.07) is 17.1. The number of carbonyl (C=O) groups is 1. The minimum atomic E-state index is -0.569. The summed E-state index contributed by atoms with van der Waals surface area (Å²) < 4.78 is 11.6. The molecule has 2 aliphatic rings. The third kappa shape index (κ3) is 4.80. The molecular formula is C24H29NO4. The van der Waals surface area contributed by atoms with Crippen LogP contribution < -0.4 is 4.74 Å². The summed E-state index contributed by atoms with van der Waals surface area (Å²) >= 11 is 0. The molecular weight excluding hydrogens is 366 g/mol. The molecule has 1 amide bonds. The number of hydrogen-bond donors (Lipinski definition) is 1. The van der Waals surface area contributed by atoms with Crippen LogP contribution in [0.15, 0.2) is 54.6 Å². The van der Waals surface area contributed by atoms with E-state index in [1.165, 1.54) is 0 Å². The number of para-hydroxylation sites is 1. The first-order valence-electron chi connectivity index (χ1n) is 10.6. The predicted octanol–water partition coefficient (Wildman–Crippen LogP) is 3.97. The first kappa shape index (κ1) is 19.9. The van der Waals surface area contributed by atoms with E-state index in [0.29, 0.717) is 30.9 Å². The van der Waals surface area contributed by atoms with E-state index in [1.54, 1.807) is 0 Å². The van der Waals surface area contributed by atoms with E-state index in [1.807, 2.05) is 59.5 Å². The van der Waals surface area contributed by atoms with Crippen molar-refractivity contribution in [1.29, 1.82) is 0 Å². The van der Waals surface area contributed by atoms with Gasteiger partial charge in [-0.15, -0.1) is 0 Å². The van der Waals surface area contributed by atoms with Gasteiger partial charge in [-0.25, -0.2) is 0 Å². The number of benzene rings is 2. The summed E-state index contributed by atoms with van der Waals surface area (Å²) in [5.74, 6) is 0.595. The molecule has 2 aromatic rings. The Morgan fingerprint density at radius 3 is 2.69 bits per heavy atom. The average Bonchev–Trinajstić information content (AvgIpc) is 3.45. The van der Waals surface area contributed by atoms with Gasteiger partial charge in [0.15, 0.2) is 0 Å². The Labute approximate surface area is 172 Å². The number of amides is 1. The molecule has 0 bridgehead atoms. The lowest BCUT2D eigenvalue weighted by atomic mass is 10.00. The lowest BCUT2D eigenvalue weighted by molar-refractivity contribution is 0.0618. The first-order valence-corrected chi connectivity index (χ1v) is 10.6. The van der Waals surface area contributed by atoms with Crippen LogP contribution >= 0.6 is 0 Å². The zero-order chi connectivity index (χ0) is 20.1. The lowest BCUT2D eigenvalue weighted by Crippen LogP contribution is -2.36. The van der Waals surface area contributed by atoms with Crippen LogP contribution in [0.25, 0.3) is 0 Å². The second kappa shape index (κ2) is 9.42. The fraction of sp³-hybridized carbons (Fsp3) is 0.458. The number of likely N-dealkylation sites (tertiary alicyclic amines) is 1. The number of aliphatic hydroxyl groups is 1. The summed E-state index contributed by atoms with van der Waals surface area (Å²) in [6.45, 7) is 1.97. The highest BCUT2D eigenvalue weighted by Crippen LogP contribution is 2.30. The highest BCUT2D eigenvalue weighted by atomic mass is 16.5. The van der Waals surface area contributed by atoms with E-state index in [2.05, 4.69) is 0 Å². The molecule has 0 aliphatic carbocycles. The average molecular weight is 395 g/mol. The van der Waals surface area contributed by atoms with E-state index >= 15 is 0 Å². The minimum absolute atomic E-state index is 0.0179. The van der Waals surface area contributed by atoms with Gasteiger partial charge in [0.05, 0.1) is 17.8 Å². The van der Waals surface area contributed by atoms with Gasteiger partial charge in [-0.3, -0.25) is 4.79 Å². The number of rotatable bonds is 7. The molecule has 0 saturated carbocycles. The predicted molar refractivity (Wildman–Crippen MR) is 111 cm³/mol. The minimum Gasteiger partial charge on any atom is -0.490 e. The Kier molecular flexibility index (Phi) is 6.47. The molecule has 2 heterocycles. The molecule has 0 aromatic heterocycles. The van der Waals surface area contributed by atoms with Crippen molar-refractivity contribution >= 4 is 5.91 Å². The van der Waals surface area contributed by atoms with Crippen LogP contribution in [0.4, 0.5) is 0 Å². The van der Waals surface area contributed by atoms with Crippen LogP contribution in [0.3, 0.4) is 0 Å². The maximum absolute atomic E-state index is 13.3. The molecule has 1 N–H and O–H groups in total. The molecule has 2 saturated heterocycles. The van der Waals surface area contributed by atoms with E-state index < -0.39 is 6.10 Å². The van der Waals surface area contributed by atoms with Crippen molar-refractivity contribution in [3.05, 3.63) is 65.7 Å². The van der Waals surface area contributed by atoms with Crippen LogP contribution in [-0.4, -0.2) is 47.8 Å². The number of carbonyl (C=O) groups excluding carboxylic acids is 1. The molecule has 0 radical (unpaired) electrons. The quantitative estimate of drug-likeness (QED) is 0.771. The maximum Gasteiger partial charge on any atom is 0.257 e. The third-order valence-electron chi connectivity index (χ3n) is 5.88. The molecule has 0 spiro atoms.